The molecule has 0 spiro atoms. The molecule has 2 saturated heterocycles. The first kappa shape index (κ1) is 27.8. The molecule has 8 nitrogen and oxygen atoms in total. The van der Waals surface area contributed by atoms with Crippen molar-refractivity contribution in [1.82, 2.24) is 20.4 Å². The minimum Gasteiger partial charge on any atom is -0.355 e. The quantitative estimate of drug-likeness (QED) is 0.537. The van der Waals surface area contributed by atoms with Crippen LogP contribution >= 0.6 is 11.6 Å². The first-order valence-corrected chi connectivity index (χ1v) is 14.7. The first-order chi connectivity index (χ1) is 18.7. The summed E-state index contributed by atoms with van der Waals surface area (Å²) in [6.07, 6.45) is 6.81. The summed E-state index contributed by atoms with van der Waals surface area (Å²) in [7, 11) is 0. The summed E-state index contributed by atoms with van der Waals surface area (Å²) in [6.45, 7) is 9.10. The molecule has 0 aromatic heterocycles. The van der Waals surface area contributed by atoms with Gasteiger partial charge in [-0.1, -0.05) is 36.7 Å². The van der Waals surface area contributed by atoms with E-state index in [9.17, 15) is 14.4 Å². The summed E-state index contributed by atoms with van der Waals surface area (Å²) < 4.78 is 0. The molecule has 1 aliphatic carbocycles. The lowest BCUT2D eigenvalue weighted by molar-refractivity contribution is -0.138. The number of carbonyl (C=O) groups is 3. The Morgan fingerprint density at radius 2 is 1.82 bits per heavy atom. The Labute approximate surface area is 236 Å². The molecule has 3 amide bonds. The van der Waals surface area contributed by atoms with E-state index in [0.29, 0.717) is 31.1 Å². The molecule has 1 aromatic rings. The Balaban J connectivity index is 1.18. The third-order valence-corrected chi connectivity index (χ3v) is 9.06. The van der Waals surface area contributed by atoms with Crippen LogP contribution in [-0.2, 0) is 20.9 Å². The summed E-state index contributed by atoms with van der Waals surface area (Å²) in [4.78, 5) is 48.1. The maximum atomic E-state index is 13.5. The zero-order chi connectivity index (χ0) is 27.7. The maximum Gasteiger partial charge on any atom is 0.248 e. The lowest BCUT2D eigenvalue weighted by Crippen LogP contribution is -2.54. The number of amidine groups is 1. The van der Waals surface area contributed by atoms with Gasteiger partial charge in [-0.2, -0.15) is 0 Å². The topological polar surface area (TPSA) is 94.1 Å². The van der Waals surface area contributed by atoms with Crippen LogP contribution < -0.4 is 10.6 Å². The summed E-state index contributed by atoms with van der Waals surface area (Å²) in [6, 6.07) is 5.69. The number of halogens is 1. The first-order valence-electron chi connectivity index (χ1n) is 14.3. The van der Waals surface area contributed by atoms with Gasteiger partial charge in [-0.05, 0) is 69.1 Å². The van der Waals surface area contributed by atoms with Crippen LogP contribution in [0.15, 0.2) is 35.0 Å². The van der Waals surface area contributed by atoms with Crippen molar-refractivity contribution >= 4 is 35.2 Å². The Bertz CT molecular complexity index is 1190. The highest BCUT2D eigenvalue weighted by Crippen LogP contribution is 2.30. The number of likely N-dealkylation sites (tertiary alicyclic amines) is 2. The number of nitrogens with zero attached hydrogens (tertiary/aromatic N) is 3. The summed E-state index contributed by atoms with van der Waals surface area (Å²) in [5.74, 6) is 0.331. The predicted molar refractivity (Wildman–Crippen MR) is 152 cm³/mol. The molecule has 5 rings (SSSR count). The molecule has 0 radical (unpaired) electrons. The van der Waals surface area contributed by atoms with Gasteiger partial charge in [0.2, 0.25) is 17.7 Å². The Morgan fingerprint density at radius 1 is 1.08 bits per heavy atom. The van der Waals surface area contributed by atoms with E-state index in [1.54, 1.807) is 0 Å². The number of hydrogen-bond donors (Lipinski definition) is 2. The van der Waals surface area contributed by atoms with E-state index in [0.717, 1.165) is 48.8 Å². The lowest BCUT2D eigenvalue weighted by atomic mass is 9.88. The summed E-state index contributed by atoms with van der Waals surface area (Å²) in [5, 5.41) is 6.86. The molecular weight excluding hydrogens is 514 g/mol. The Hall–Kier alpha value is -2.71. The molecular formula is C30H40ClN5O3. The molecule has 2 N–H and O–H groups in total. The van der Waals surface area contributed by atoms with E-state index in [4.69, 9.17) is 11.6 Å². The number of allylic oxidation sites excluding steroid dienone is 1. The monoisotopic (exact) mass is 553 g/mol. The van der Waals surface area contributed by atoms with E-state index in [1.807, 2.05) is 37.8 Å². The van der Waals surface area contributed by atoms with Crippen LogP contribution in [0, 0.1) is 24.7 Å². The molecule has 4 aliphatic rings. The molecule has 0 bridgehead atoms. The van der Waals surface area contributed by atoms with Crippen LogP contribution in [0.4, 0.5) is 0 Å². The molecule has 9 heteroatoms. The minimum absolute atomic E-state index is 0.0198. The smallest absolute Gasteiger partial charge is 0.248 e. The van der Waals surface area contributed by atoms with E-state index in [-0.39, 0.29) is 35.6 Å². The van der Waals surface area contributed by atoms with Crippen molar-refractivity contribution in [3.63, 3.8) is 0 Å². The summed E-state index contributed by atoms with van der Waals surface area (Å²) in [5.41, 5.74) is 3.03. The van der Waals surface area contributed by atoms with Crippen LogP contribution in [0.2, 0.25) is 5.02 Å². The largest absolute Gasteiger partial charge is 0.355 e. The number of hydrogen-bond acceptors (Lipinski definition) is 5. The average molecular weight is 554 g/mol. The third kappa shape index (κ3) is 6.55. The molecule has 3 heterocycles. The van der Waals surface area contributed by atoms with E-state index in [1.165, 1.54) is 18.4 Å². The molecule has 2 unspecified atom stereocenters. The van der Waals surface area contributed by atoms with Gasteiger partial charge in [0.1, 0.15) is 11.9 Å². The maximum absolute atomic E-state index is 13.5. The van der Waals surface area contributed by atoms with Gasteiger partial charge < -0.3 is 15.5 Å². The van der Waals surface area contributed by atoms with Gasteiger partial charge in [-0.15, -0.1) is 0 Å². The number of amides is 3. The molecule has 3 aliphatic heterocycles. The second-order valence-electron chi connectivity index (χ2n) is 11.7. The normalized spacial score (nSPS) is 26.3. The zero-order valence-corrected chi connectivity index (χ0v) is 24.0. The lowest BCUT2D eigenvalue weighted by Gasteiger charge is -2.39. The highest BCUT2D eigenvalue weighted by molar-refractivity contribution is 6.31. The van der Waals surface area contributed by atoms with Gasteiger partial charge in [0, 0.05) is 55.3 Å². The molecule has 1 aromatic carbocycles. The Kier molecular flexibility index (Phi) is 8.43. The van der Waals surface area contributed by atoms with Crippen molar-refractivity contribution in [1.29, 1.82) is 0 Å². The highest BCUT2D eigenvalue weighted by atomic mass is 35.5. The second-order valence-corrected chi connectivity index (χ2v) is 12.2. The van der Waals surface area contributed by atoms with Crippen LogP contribution in [0.25, 0.3) is 0 Å². The number of nitrogens with one attached hydrogen (secondary N) is 2. The zero-order valence-electron chi connectivity index (χ0n) is 23.2. The fourth-order valence-corrected chi connectivity index (χ4v) is 6.20. The molecule has 3 atom stereocenters. The SMILES string of the molecule is CC1=CC(C(=O)NCC2CC2)C(C)C(NC(=O)[C@H]2CCC(=O)N2C2CCN(Cc3ccc(Cl)c(C)c3)CC2)=N1. The van der Waals surface area contributed by atoms with Crippen LogP contribution in [0.1, 0.15) is 63.5 Å². The number of piperidine rings is 1. The van der Waals surface area contributed by atoms with Crippen molar-refractivity contribution < 1.29 is 14.4 Å². The highest BCUT2D eigenvalue weighted by Gasteiger charge is 2.42. The van der Waals surface area contributed by atoms with Crippen molar-refractivity contribution in [3.8, 4) is 0 Å². The van der Waals surface area contributed by atoms with Gasteiger partial charge in [-0.25, -0.2) is 4.99 Å². The average Bonchev–Trinajstić information content (AvgIpc) is 3.66. The minimum atomic E-state index is -0.503. The van der Waals surface area contributed by atoms with Crippen molar-refractivity contribution in [3.05, 3.63) is 46.1 Å². The molecule has 1 saturated carbocycles. The predicted octanol–water partition coefficient (Wildman–Crippen LogP) is 3.81. The fraction of sp³-hybridized carbons (Fsp3) is 0.600. The number of carbonyl (C=O) groups excluding carboxylic acids is 3. The van der Waals surface area contributed by atoms with Gasteiger partial charge >= 0.3 is 0 Å². The van der Waals surface area contributed by atoms with Crippen LogP contribution in [0.3, 0.4) is 0 Å². The van der Waals surface area contributed by atoms with Gasteiger partial charge in [0.15, 0.2) is 0 Å². The van der Waals surface area contributed by atoms with E-state index in [2.05, 4.69) is 32.7 Å². The van der Waals surface area contributed by atoms with Gasteiger partial charge in [0.25, 0.3) is 0 Å². The molecule has 39 heavy (non-hydrogen) atoms. The number of benzene rings is 1. The molecule has 210 valence electrons. The standard InChI is InChI=1S/C30H40ClN5O3/c1-18-14-22(6-7-25(18)31)17-35-12-10-23(11-13-35)36-26(8-9-27(36)37)30(39)34-28-20(3)24(15-19(2)33-28)29(38)32-16-21-4-5-21/h6-7,14-15,20-21,23-24,26H,4-5,8-13,16-17H2,1-3H3,(H,32,38)(H,33,34,39)/t20?,24?,26-/m1/s1. The summed E-state index contributed by atoms with van der Waals surface area (Å²) >= 11 is 6.18. The van der Waals surface area contributed by atoms with Crippen molar-refractivity contribution in [2.75, 3.05) is 19.6 Å². The Morgan fingerprint density at radius 3 is 2.51 bits per heavy atom. The second kappa shape index (κ2) is 11.8. The number of rotatable bonds is 7. The van der Waals surface area contributed by atoms with E-state index < -0.39 is 6.04 Å². The number of aliphatic imine (C=N–C) groups is 1. The molecule has 3 fully saturated rings. The van der Waals surface area contributed by atoms with E-state index >= 15 is 0 Å². The van der Waals surface area contributed by atoms with Crippen molar-refractivity contribution in [2.24, 2.45) is 22.7 Å². The van der Waals surface area contributed by atoms with Gasteiger partial charge in [-0.3, -0.25) is 19.3 Å². The van der Waals surface area contributed by atoms with Crippen LogP contribution in [-0.4, -0.2) is 65.1 Å². The van der Waals surface area contributed by atoms with Crippen LogP contribution in [0.5, 0.6) is 0 Å². The van der Waals surface area contributed by atoms with Crippen molar-refractivity contribution in [2.45, 2.75) is 77.9 Å². The third-order valence-electron chi connectivity index (χ3n) is 8.64. The fourth-order valence-electron chi connectivity index (χ4n) is 6.08. The number of aryl methyl sites for hydroxylation is 1. The van der Waals surface area contributed by atoms with Gasteiger partial charge in [0.05, 0.1) is 5.92 Å².